The highest BCUT2D eigenvalue weighted by atomic mass is 19.1. The van der Waals surface area contributed by atoms with Crippen LogP contribution in [0.25, 0.3) is 12.2 Å². The van der Waals surface area contributed by atoms with Crippen molar-refractivity contribution in [1.29, 1.82) is 5.26 Å². The number of guanidine groups is 1. The summed E-state index contributed by atoms with van der Waals surface area (Å²) in [6.45, 7) is 13.8. The normalized spacial score (nSPS) is 16.7. The standard InChI is InChI=1S/C23H26FN7/c1-5-19-20(6-2)29-22(13-26-19)30-10-11-31(21(14-30)16(3)4)23(27-15-25)28-18-9-7-8-17(24)12-18/h5-9,12-13,16,21H,1-2,10-11,14H2,3-4H3,(H,27,28). The van der Waals surface area contributed by atoms with Crippen LogP contribution in [0.1, 0.15) is 25.2 Å². The van der Waals surface area contributed by atoms with Gasteiger partial charge in [0.05, 0.1) is 29.3 Å². The third kappa shape index (κ3) is 5.07. The molecule has 1 aliphatic rings. The molecule has 160 valence electrons. The van der Waals surface area contributed by atoms with Crippen LogP contribution >= 0.6 is 0 Å². The van der Waals surface area contributed by atoms with Crippen molar-refractivity contribution in [3.63, 3.8) is 0 Å². The van der Waals surface area contributed by atoms with Gasteiger partial charge in [0.1, 0.15) is 11.6 Å². The van der Waals surface area contributed by atoms with E-state index in [0.717, 1.165) is 5.82 Å². The first-order chi connectivity index (χ1) is 15.0. The molecule has 1 aliphatic heterocycles. The number of halogens is 1. The number of hydrogen-bond acceptors (Lipinski definition) is 5. The van der Waals surface area contributed by atoms with Gasteiger partial charge < -0.3 is 9.80 Å². The lowest BCUT2D eigenvalue weighted by atomic mass is 10.00. The smallest absolute Gasteiger partial charge is 0.212 e. The molecule has 0 saturated carbocycles. The van der Waals surface area contributed by atoms with Crippen molar-refractivity contribution in [1.82, 2.24) is 20.2 Å². The van der Waals surface area contributed by atoms with Crippen LogP contribution in [0, 0.1) is 23.2 Å². The molecule has 1 saturated heterocycles. The zero-order valence-electron chi connectivity index (χ0n) is 17.8. The fourth-order valence-corrected chi connectivity index (χ4v) is 3.60. The SMILES string of the molecule is C=Cc1ncc(N2CCN(C(=Nc3cccc(F)c3)NC#N)C(C(C)C)C2)nc1C=C. The van der Waals surface area contributed by atoms with Gasteiger partial charge in [-0.2, -0.15) is 5.26 Å². The van der Waals surface area contributed by atoms with Crippen molar-refractivity contribution >= 4 is 29.6 Å². The summed E-state index contributed by atoms with van der Waals surface area (Å²) in [5, 5.41) is 12.0. The second-order valence-corrected chi connectivity index (χ2v) is 7.51. The van der Waals surface area contributed by atoms with Gasteiger partial charge in [0.25, 0.3) is 0 Å². The second kappa shape index (κ2) is 9.85. The molecule has 2 aromatic rings. The van der Waals surface area contributed by atoms with Gasteiger partial charge in [-0.15, -0.1) is 0 Å². The Morgan fingerprint density at radius 1 is 1.32 bits per heavy atom. The molecule has 7 nitrogen and oxygen atoms in total. The third-order valence-electron chi connectivity index (χ3n) is 5.20. The van der Waals surface area contributed by atoms with Gasteiger partial charge in [0.15, 0.2) is 6.19 Å². The number of aromatic nitrogens is 2. The number of nitriles is 1. The van der Waals surface area contributed by atoms with Crippen LogP contribution < -0.4 is 10.2 Å². The van der Waals surface area contributed by atoms with Crippen LogP contribution in [-0.4, -0.2) is 46.5 Å². The Bertz CT molecular complexity index is 1020. The molecule has 0 amide bonds. The van der Waals surface area contributed by atoms with Crippen LogP contribution in [0.4, 0.5) is 15.9 Å². The molecule has 8 heteroatoms. The minimum atomic E-state index is -0.373. The van der Waals surface area contributed by atoms with Crippen LogP contribution in [0.2, 0.25) is 0 Å². The van der Waals surface area contributed by atoms with E-state index in [1.807, 2.05) is 6.19 Å². The molecule has 1 aromatic carbocycles. The average molecular weight is 420 g/mol. The number of anilines is 1. The first-order valence-electron chi connectivity index (χ1n) is 10.1. The van der Waals surface area contributed by atoms with Gasteiger partial charge >= 0.3 is 0 Å². The van der Waals surface area contributed by atoms with Crippen molar-refractivity contribution in [3.05, 3.63) is 60.8 Å². The van der Waals surface area contributed by atoms with Gasteiger partial charge in [-0.05, 0) is 36.3 Å². The Hall–Kier alpha value is -3.73. The summed E-state index contributed by atoms with van der Waals surface area (Å²) in [5.41, 5.74) is 1.83. The Balaban J connectivity index is 1.89. The minimum Gasteiger partial charge on any atom is -0.351 e. The number of piperazine rings is 1. The van der Waals surface area contributed by atoms with E-state index >= 15 is 0 Å². The number of benzene rings is 1. The summed E-state index contributed by atoms with van der Waals surface area (Å²) < 4.78 is 13.6. The molecule has 0 aliphatic carbocycles. The van der Waals surface area contributed by atoms with Crippen LogP contribution in [0.3, 0.4) is 0 Å². The van der Waals surface area contributed by atoms with Gasteiger partial charge in [-0.25, -0.2) is 14.4 Å². The highest BCUT2D eigenvalue weighted by Gasteiger charge is 2.32. The van der Waals surface area contributed by atoms with E-state index in [1.54, 1.807) is 30.5 Å². The molecule has 1 atom stereocenters. The molecule has 2 heterocycles. The maximum absolute atomic E-state index is 13.6. The van der Waals surface area contributed by atoms with E-state index in [2.05, 4.69) is 57.1 Å². The topological polar surface area (TPSA) is 80.4 Å². The van der Waals surface area contributed by atoms with E-state index < -0.39 is 0 Å². The van der Waals surface area contributed by atoms with Gasteiger partial charge in [-0.3, -0.25) is 10.3 Å². The van der Waals surface area contributed by atoms with Crippen LogP contribution in [0.15, 0.2) is 48.6 Å². The lowest BCUT2D eigenvalue weighted by Gasteiger charge is -2.44. The van der Waals surface area contributed by atoms with Gasteiger partial charge in [0.2, 0.25) is 5.96 Å². The fraction of sp³-hybridized carbons (Fsp3) is 0.304. The zero-order chi connectivity index (χ0) is 22.4. The van der Waals surface area contributed by atoms with E-state index in [0.29, 0.717) is 42.7 Å². The van der Waals surface area contributed by atoms with E-state index in [-0.39, 0.29) is 17.8 Å². The molecule has 0 radical (unpaired) electrons. The second-order valence-electron chi connectivity index (χ2n) is 7.51. The highest BCUT2D eigenvalue weighted by Crippen LogP contribution is 2.24. The first kappa shape index (κ1) is 22.0. The van der Waals surface area contributed by atoms with Crippen molar-refractivity contribution in [2.24, 2.45) is 10.9 Å². The minimum absolute atomic E-state index is 0.0509. The summed E-state index contributed by atoms with van der Waals surface area (Å²) in [6.07, 6.45) is 7.03. The number of rotatable bonds is 5. The molecule has 1 fully saturated rings. The quantitative estimate of drug-likeness (QED) is 0.344. The van der Waals surface area contributed by atoms with Crippen LogP contribution in [0.5, 0.6) is 0 Å². The summed E-state index contributed by atoms with van der Waals surface area (Å²) in [6, 6.07) is 6.06. The molecule has 0 spiro atoms. The Morgan fingerprint density at radius 3 is 2.74 bits per heavy atom. The molecule has 1 N–H and O–H groups in total. The van der Waals surface area contributed by atoms with Crippen molar-refractivity contribution < 1.29 is 4.39 Å². The van der Waals surface area contributed by atoms with E-state index in [1.165, 1.54) is 12.1 Å². The fourth-order valence-electron chi connectivity index (χ4n) is 3.60. The highest BCUT2D eigenvalue weighted by molar-refractivity contribution is 5.84. The van der Waals surface area contributed by atoms with E-state index in [9.17, 15) is 9.65 Å². The molecule has 31 heavy (non-hydrogen) atoms. The molecular formula is C23H26FN7. The van der Waals surface area contributed by atoms with Crippen molar-refractivity contribution in [2.45, 2.75) is 19.9 Å². The molecule has 1 unspecified atom stereocenters. The molecule has 1 aromatic heterocycles. The average Bonchev–Trinajstić information content (AvgIpc) is 2.78. The summed E-state index contributed by atoms with van der Waals surface area (Å²) in [4.78, 5) is 17.9. The third-order valence-corrected chi connectivity index (χ3v) is 5.20. The lowest BCUT2D eigenvalue weighted by Crippen LogP contribution is -2.59. The lowest BCUT2D eigenvalue weighted by molar-refractivity contribution is 0.220. The summed E-state index contributed by atoms with van der Waals surface area (Å²) in [7, 11) is 0. The monoisotopic (exact) mass is 419 g/mol. The maximum Gasteiger partial charge on any atom is 0.212 e. The Labute approximate surface area is 182 Å². The van der Waals surface area contributed by atoms with Gasteiger partial charge in [0, 0.05) is 19.6 Å². The number of aliphatic imine (C=N–C) groups is 1. The molecular weight excluding hydrogens is 393 g/mol. The predicted octanol–water partition coefficient (Wildman–Crippen LogP) is 3.81. The Morgan fingerprint density at radius 2 is 2.10 bits per heavy atom. The molecule has 3 rings (SSSR count). The van der Waals surface area contributed by atoms with Gasteiger partial charge in [-0.1, -0.05) is 33.1 Å². The Kier molecular flexibility index (Phi) is 6.98. The zero-order valence-corrected chi connectivity index (χ0v) is 17.8. The van der Waals surface area contributed by atoms with Crippen molar-refractivity contribution in [2.75, 3.05) is 24.5 Å². The molecule has 0 bridgehead atoms. The maximum atomic E-state index is 13.6. The number of nitrogens with one attached hydrogen (secondary N) is 1. The number of nitrogens with zero attached hydrogens (tertiary/aromatic N) is 6. The summed E-state index contributed by atoms with van der Waals surface area (Å²) >= 11 is 0. The first-order valence-corrected chi connectivity index (χ1v) is 10.1. The number of hydrogen-bond donors (Lipinski definition) is 1. The van der Waals surface area contributed by atoms with E-state index in [4.69, 9.17) is 0 Å². The largest absolute Gasteiger partial charge is 0.351 e. The predicted molar refractivity (Wildman–Crippen MR) is 122 cm³/mol. The van der Waals surface area contributed by atoms with Crippen LogP contribution in [-0.2, 0) is 0 Å². The van der Waals surface area contributed by atoms with Crippen molar-refractivity contribution in [3.8, 4) is 6.19 Å². The summed E-state index contributed by atoms with van der Waals surface area (Å²) in [5.74, 6) is 1.07.